The van der Waals surface area contributed by atoms with Crippen molar-refractivity contribution in [1.29, 1.82) is 0 Å². The fourth-order valence-corrected chi connectivity index (χ4v) is 2.36. The molecule has 4 atom stereocenters. The number of hydrogen-bond donors (Lipinski definition) is 0. The van der Waals surface area contributed by atoms with Crippen LogP contribution in [0.1, 0.15) is 0 Å². The summed E-state index contributed by atoms with van der Waals surface area (Å²) in [7, 11) is 1.71. The fraction of sp³-hybridized carbons (Fsp3) is 0.500. The molecule has 0 N–H and O–H groups in total. The van der Waals surface area contributed by atoms with E-state index in [4.69, 9.17) is 4.74 Å². The minimum absolute atomic E-state index is 0.361. The van der Waals surface area contributed by atoms with Crippen molar-refractivity contribution in [3.05, 3.63) is 24.3 Å². The molecule has 0 aromatic rings. The summed E-state index contributed by atoms with van der Waals surface area (Å²) in [6.07, 6.45) is 8.99. The maximum atomic E-state index is 5.24. The van der Waals surface area contributed by atoms with Gasteiger partial charge in [0.15, 0.2) is 5.90 Å². The largest absolute Gasteiger partial charge is 0.484 e. The monoisotopic (exact) mass is 161 g/mol. The Morgan fingerprint density at radius 3 is 2.58 bits per heavy atom. The van der Waals surface area contributed by atoms with Gasteiger partial charge in [-0.25, -0.2) is 4.99 Å². The van der Waals surface area contributed by atoms with Crippen LogP contribution < -0.4 is 0 Å². The second kappa shape index (κ2) is 2.00. The first-order chi connectivity index (χ1) is 5.90. The number of methoxy groups -OCH3 is 1. The molecule has 0 saturated heterocycles. The van der Waals surface area contributed by atoms with Gasteiger partial charge in [0, 0.05) is 11.8 Å². The Kier molecular flexibility index (Phi) is 1.08. The number of hydrogen-bond acceptors (Lipinski definition) is 2. The molecule has 2 heteroatoms. The van der Waals surface area contributed by atoms with Gasteiger partial charge < -0.3 is 4.74 Å². The van der Waals surface area contributed by atoms with Crippen molar-refractivity contribution in [1.82, 2.24) is 0 Å². The van der Waals surface area contributed by atoms with Gasteiger partial charge in [0.25, 0.3) is 0 Å². The molecule has 2 aliphatic carbocycles. The topological polar surface area (TPSA) is 21.6 Å². The molecule has 2 heterocycles. The summed E-state index contributed by atoms with van der Waals surface area (Å²) in [4.78, 5) is 4.51. The Bertz CT molecular complexity index is 303. The Morgan fingerprint density at radius 2 is 2.00 bits per heavy atom. The van der Waals surface area contributed by atoms with E-state index in [1.54, 1.807) is 7.11 Å². The van der Waals surface area contributed by atoms with Gasteiger partial charge in [0.2, 0.25) is 0 Å². The molecule has 0 fully saturated rings. The summed E-state index contributed by atoms with van der Waals surface area (Å²) in [5.41, 5.74) is 0. The first kappa shape index (κ1) is 6.46. The van der Waals surface area contributed by atoms with Gasteiger partial charge in [0.05, 0.1) is 19.1 Å². The molecule has 0 unspecified atom stereocenters. The lowest BCUT2D eigenvalue weighted by Crippen LogP contribution is -2.45. The highest BCUT2D eigenvalue weighted by molar-refractivity contribution is 5.84. The quantitative estimate of drug-likeness (QED) is 0.492. The zero-order valence-electron chi connectivity index (χ0n) is 6.97. The number of aliphatic imine (C=N–C) groups is 1. The molecule has 4 aliphatic rings. The molecule has 62 valence electrons. The van der Waals surface area contributed by atoms with E-state index in [0.29, 0.717) is 23.8 Å². The summed E-state index contributed by atoms with van der Waals surface area (Å²) in [5.74, 6) is 2.69. The predicted molar refractivity (Wildman–Crippen MR) is 47.0 cm³/mol. The van der Waals surface area contributed by atoms with Crippen molar-refractivity contribution in [2.24, 2.45) is 22.7 Å². The molecule has 0 amide bonds. The smallest absolute Gasteiger partial charge is 0.191 e. The third kappa shape index (κ3) is 0.591. The zero-order chi connectivity index (χ0) is 8.13. The Morgan fingerprint density at radius 1 is 1.17 bits per heavy atom. The number of rotatable bonds is 0. The van der Waals surface area contributed by atoms with Gasteiger partial charge in [-0.3, -0.25) is 0 Å². The molecule has 0 spiro atoms. The van der Waals surface area contributed by atoms with Crippen LogP contribution in [0.15, 0.2) is 29.3 Å². The third-order valence-electron chi connectivity index (χ3n) is 3.10. The summed E-state index contributed by atoms with van der Waals surface area (Å²) in [6.45, 7) is 0. The zero-order valence-corrected chi connectivity index (χ0v) is 6.97. The molecule has 12 heavy (non-hydrogen) atoms. The third-order valence-corrected chi connectivity index (χ3v) is 3.10. The van der Waals surface area contributed by atoms with Crippen molar-refractivity contribution in [3.63, 3.8) is 0 Å². The summed E-state index contributed by atoms with van der Waals surface area (Å²) in [6, 6.07) is 0.361. The lowest BCUT2D eigenvalue weighted by molar-refractivity contribution is 0.261. The fourth-order valence-electron chi connectivity index (χ4n) is 2.36. The van der Waals surface area contributed by atoms with Gasteiger partial charge in [-0.05, 0) is 0 Å². The van der Waals surface area contributed by atoms with Gasteiger partial charge >= 0.3 is 0 Å². The van der Waals surface area contributed by atoms with Crippen LogP contribution in [0.5, 0.6) is 0 Å². The van der Waals surface area contributed by atoms with E-state index in [0.717, 1.165) is 5.90 Å². The molecule has 4 rings (SSSR count). The minimum atomic E-state index is 0.361. The van der Waals surface area contributed by atoms with Gasteiger partial charge in [-0.15, -0.1) is 0 Å². The number of dihydropyridines is 1. The van der Waals surface area contributed by atoms with Crippen LogP contribution in [0.3, 0.4) is 0 Å². The van der Waals surface area contributed by atoms with Crippen molar-refractivity contribution in [3.8, 4) is 0 Å². The molecule has 0 radical (unpaired) electrons. The van der Waals surface area contributed by atoms with Crippen LogP contribution in [-0.2, 0) is 4.74 Å². The highest BCUT2D eigenvalue weighted by atomic mass is 16.5. The van der Waals surface area contributed by atoms with Crippen LogP contribution in [0.25, 0.3) is 0 Å². The van der Waals surface area contributed by atoms with E-state index >= 15 is 0 Å². The predicted octanol–water partition coefficient (Wildman–Crippen LogP) is 1.40. The second-order valence-corrected chi connectivity index (χ2v) is 3.61. The maximum Gasteiger partial charge on any atom is 0.191 e. The van der Waals surface area contributed by atoms with Crippen LogP contribution in [0.4, 0.5) is 0 Å². The van der Waals surface area contributed by atoms with E-state index in [1.165, 1.54) is 0 Å². The second-order valence-electron chi connectivity index (χ2n) is 3.61. The Balaban J connectivity index is 2.03. The number of nitrogens with zero attached hydrogens (tertiary/aromatic N) is 1. The van der Waals surface area contributed by atoms with Gasteiger partial charge in [0.1, 0.15) is 0 Å². The minimum Gasteiger partial charge on any atom is -0.484 e. The van der Waals surface area contributed by atoms with Gasteiger partial charge in [-0.1, -0.05) is 24.3 Å². The van der Waals surface area contributed by atoms with Crippen molar-refractivity contribution in [2.75, 3.05) is 7.11 Å². The molecule has 0 aromatic carbocycles. The van der Waals surface area contributed by atoms with Crippen LogP contribution >= 0.6 is 0 Å². The first-order valence-corrected chi connectivity index (χ1v) is 4.38. The standard InChI is InChI=1S/C10H11NO/c1-12-10-8-4-5-9(11-10)7-3-2-6(7)8/h2-9H,1H3/t6-,7+,8-,9+/m1/s1. The highest BCUT2D eigenvalue weighted by Gasteiger charge is 2.44. The molecule has 2 bridgehead atoms. The average Bonchev–Trinajstić information content (AvgIpc) is 2.04. The Labute approximate surface area is 71.6 Å². The summed E-state index contributed by atoms with van der Waals surface area (Å²) < 4.78 is 5.24. The molecule has 2 aliphatic heterocycles. The van der Waals surface area contributed by atoms with Crippen LogP contribution in [-0.4, -0.2) is 19.0 Å². The normalized spacial score (nSPS) is 46.6. The van der Waals surface area contributed by atoms with Crippen LogP contribution in [0, 0.1) is 17.8 Å². The van der Waals surface area contributed by atoms with E-state index in [9.17, 15) is 0 Å². The Hall–Kier alpha value is -1.05. The van der Waals surface area contributed by atoms with E-state index < -0.39 is 0 Å². The first-order valence-electron chi connectivity index (χ1n) is 4.38. The maximum absolute atomic E-state index is 5.24. The van der Waals surface area contributed by atoms with Crippen LogP contribution in [0.2, 0.25) is 0 Å². The SMILES string of the molecule is COC1=N[C@H]2C=C[C@@H]1[C@@H]1C=C[C@@H]12. The summed E-state index contributed by atoms with van der Waals surface area (Å²) >= 11 is 0. The van der Waals surface area contributed by atoms with Crippen molar-refractivity contribution < 1.29 is 4.74 Å². The summed E-state index contributed by atoms with van der Waals surface area (Å²) in [5, 5.41) is 0. The van der Waals surface area contributed by atoms with E-state index in [-0.39, 0.29) is 0 Å². The molecule has 0 aromatic heterocycles. The van der Waals surface area contributed by atoms with Crippen molar-refractivity contribution >= 4 is 5.90 Å². The number of allylic oxidation sites excluding steroid dienone is 1. The molecular formula is C10H11NO. The lowest BCUT2D eigenvalue weighted by atomic mass is 9.65. The van der Waals surface area contributed by atoms with E-state index in [2.05, 4.69) is 29.3 Å². The van der Waals surface area contributed by atoms with Crippen molar-refractivity contribution in [2.45, 2.75) is 6.04 Å². The van der Waals surface area contributed by atoms with Gasteiger partial charge in [-0.2, -0.15) is 0 Å². The molecule has 2 nitrogen and oxygen atoms in total. The number of ether oxygens (including phenoxy) is 1. The lowest BCUT2D eigenvalue weighted by Gasteiger charge is -2.44. The highest BCUT2D eigenvalue weighted by Crippen LogP contribution is 2.44. The average molecular weight is 161 g/mol. The molecule has 0 saturated carbocycles. The van der Waals surface area contributed by atoms with E-state index in [1.807, 2.05) is 0 Å². The molecular weight excluding hydrogens is 150 g/mol.